The Morgan fingerprint density at radius 2 is 1.85 bits per heavy atom. The zero-order chi connectivity index (χ0) is 19.7. The lowest BCUT2D eigenvalue weighted by Crippen LogP contribution is -2.57. The number of carboxylic acid groups (broad SMARTS) is 1. The number of carboxylic acids is 1. The van der Waals surface area contributed by atoms with E-state index in [1.165, 1.54) is 0 Å². The Hall–Kier alpha value is -2.34. The molecule has 1 fully saturated rings. The Morgan fingerprint density at radius 1 is 1.15 bits per heavy atom. The van der Waals surface area contributed by atoms with Gasteiger partial charge in [-0.05, 0) is 19.4 Å². The van der Waals surface area contributed by atoms with E-state index in [0.29, 0.717) is 13.0 Å². The third-order valence-corrected chi connectivity index (χ3v) is 4.01. The summed E-state index contributed by atoms with van der Waals surface area (Å²) < 4.78 is 0. The molecule has 0 aromatic carbocycles. The molecule has 0 radical (unpaired) electrons. The number of hydrogen-bond acceptors (Lipinski definition) is 7. The van der Waals surface area contributed by atoms with Crippen LogP contribution in [-0.2, 0) is 24.0 Å². The van der Waals surface area contributed by atoms with Gasteiger partial charge in [-0.2, -0.15) is 12.6 Å². The van der Waals surface area contributed by atoms with Crippen LogP contribution in [0.1, 0.15) is 19.3 Å². The van der Waals surface area contributed by atoms with E-state index in [1.54, 1.807) is 0 Å². The van der Waals surface area contributed by atoms with Crippen molar-refractivity contribution in [3.63, 3.8) is 0 Å². The maximum Gasteiger partial charge on any atom is 0.322 e. The number of thiol groups is 1. The van der Waals surface area contributed by atoms with Crippen molar-refractivity contribution in [1.82, 2.24) is 21.3 Å². The summed E-state index contributed by atoms with van der Waals surface area (Å²) in [6.07, 6.45) is 0.976. The molecule has 3 atom stereocenters. The van der Waals surface area contributed by atoms with Crippen molar-refractivity contribution in [3.05, 3.63) is 0 Å². The van der Waals surface area contributed by atoms with Crippen LogP contribution >= 0.6 is 12.6 Å². The minimum absolute atomic E-state index is 0.112. The van der Waals surface area contributed by atoms with Crippen molar-refractivity contribution >= 4 is 42.2 Å². The molecule has 0 aliphatic carbocycles. The Morgan fingerprint density at radius 3 is 2.35 bits per heavy atom. The Balaban J connectivity index is 2.70. The number of carbonyl (C=O) groups is 5. The van der Waals surface area contributed by atoms with Gasteiger partial charge in [-0.15, -0.1) is 0 Å². The van der Waals surface area contributed by atoms with E-state index in [-0.39, 0.29) is 5.75 Å². The van der Waals surface area contributed by atoms with Crippen molar-refractivity contribution < 1.29 is 29.1 Å². The first-order valence-electron chi connectivity index (χ1n) is 7.97. The van der Waals surface area contributed by atoms with Gasteiger partial charge in [-0.25, -0.2) is 0 Å². The molecule has 12 heteroatoms. The van der Waals surface area contributed by atoms with Gasteiger partial charge in [0.15, 0.2) is 0 Å². The van der Waals surface area contributed by atoms with Crippen LogP contribution in [-0.4, -0.2) is 71.7 Å². The largest absolute Gasteiger partial charge is 0.480 e. The molecular formula is C14H23N5O6S. The maximum absolute atomic E-state index is 12.4. The molecule has 0 bridgehead atoms. The second kappa shape index (κ2) is 10.6. The number of nitrogens with one attached hydrogen (secondary N) is 4. The van der Waals surface area contributed by atoms with Crippen molar-refractivity contribution in [2.75, 3.05) is 18.8 Å². The molecule has 1 rings (SSSR count). The second-order valence-corrected chi connectivity index (χ2v) is 6.10. The van der Waals surface area contributed by atoms with Crippen LogP contribution in [0, 0.1) is 0 Å². The van der Waals surface area contributed by atoms with Crippen LogP contribution in [0.4, 0.5) is 0 Å². The standard InChI is InChI=1S/C14H23N5O6S/c15-10(20)4-8(18-13(24)7-2-1-3-16-7)14(25)19-9(6-26)12(23)17-5-11(21)22/h7-9,16,26H,1-6H2,(H2,15,20)(H,17,23)(H,18,24)(H,19,25)(H,21,22). The van der Waals surface area contributed by atoms with Crippen LogP contribution in [0.15, 0.2) is 0 Å². The van der Waals surface area contributed by atoms with Crippen LogP contribution in [0.3, 0.4) is 0 Å². The molecule has 1 saturated heterocycles. The van der Waals surface area contributed by atoms with Gasteiger partial charge in [0, 0.05) is 5.75 Å². The van der Waals surface area contributed by atoms with Gasteiger partial charge >= 0.3 is 5.97 Å². The number of primary amides is 1. The molecule has 0 aromatic heterocycles. The van der Waals surface area contributed by atoms with Gasteiger partial charge in [0.2, 0.25) is 23.6 Å². The minimum Gasteiger partial charge on any atom is -0.480 e. The van der Waals surface area contributed by atoms with Crippen LogP contribution in [0.25, 0.3) is 0 Å². The highest BCUT2D eigenvalue weighted by atomic mass is 32.1. The average Bonchev–Trinajstić information content (AvgIpc) is 3.10. The number of amides is 4. The summed E-state index contributed by atoms with van der Waals surface area (Å²) in [6.45, 7) is 0.0595. The van der Waals surface area contributed by atoms with E-state index < -0.39 is 60.7 Å². The Labute approximate surface area is 155 Å². The molecule has 1 aliphatic heterocycles. The van der Waals surface area contributed by atoms with Gasteiger partial charge in [0.05, 0.1) is 12.5 Å². The summed E-state index contributed by atoms with van der Waals surface area (Å²) in [4.78, 5) is 58.0. The highest BCUT2D eigenvalue weighted by Crippen LogP contribution is 2.06. The Bertz CT molecular complexity index is 566. The summed E-state index contributed by atoms with van der Waals surface area (Å²) in [5, 5.41) is 18.4. The molecule has 7 N–H and O–H groups in total. The molecule has 0 aromatic rings. The first-order chi connectivity index (χ1) is 12.2. The summed E-state index contributed by atoms with van der Waals surface area (Å²) in [5.74, 6) is -4.15. The monoisotopic (exact) mass is 389 g/mol. The molecule has 0 spiro atoms. The number of rotatable bonds is 10. The average molecular weight is 389 g/mol. The van der Waals surface area contributed by atoms with E-state index in [4.69, 9.17) is 10.8 Å². The Kier molecular flexibility index (Phi) is 8.85. The predicted molar refractivity (Wildman–Crippen MR) is 93.2 cm³/mol. The normalized spacial score (nSPS) is 18.4. The van der Waals surface area contributed by atoms with Gasteiger partial charge in [0.25, 0.3) is 0 Å². The van der Waals surface area contributed by atoms with E-state index in [9.17, 15) is 24.0 Å². The number of hydrogen-bond donors (Lipinski definition) is 7. The fraction of sp³-hybridized carbons (Fsp3) is 0.643. The van der Waals surface area contributed by atoms with Gasteiger partial charge in [0.1, 0.15) is 18.6 Å². The zero-order valence-corrected chi connectivity index (χ0v) is 14.9. The maximum atomic E-state index is 12.4. The molecule has 1 aliphatic rings. The molecule has 3 unspecified atom stereocenters. The molecule has 11 nitrogen and oxygen atoms in total. The van der Waals surface area contributed by atoms with Crippen molar-refractivity contribution in [3.8, 4) is 0 Å². The second-order valence-electron chi connectivity index (χ2n) is 5.74. The predicted octanol–water partition coefficient (Wildman–Crippen LogP) is -3.29. The summed E-state index contributed by atoms with van der Waals surface area (Å²) in [5.41, 5.74) is 5.12. The fourth-order valence-electron chi connectivity index (χ4n) is 2.34. The minimum atomic E-state index is -1.25. The van der Waals surface area contributed by atoms with Gasteiger partial charge < -0.3 is 32.1 Å². The zero-order valence-electron chi connectivity index (χ0n) is 14.0. The summed E-state index contributed by atoms with van der Waals surface area (Å²) in [6, 6.07) is -2.85. The SMILES string of the molecule is NC(=O)CC(NC(=O)C1CCCN1)C(=O)NC(CS)C(=O)NCC(=O)O. The van der Waals surface area contributed by atoms with E-state index in [0.717, 1.165) is 6.42 Å². The lowest BCUT2D eigenvalue weighted by Gasteiger charge is -2.22. The molecule has 4 amide bonds. The summed E-state index contributed by atoms with van der Waals surface area (Å²) in [7, 11) is 0. The molecule has 26 heavy (non-hydrogen) atoms. The smallest absolute Gasteiger partial charge is 0.322 e. The van der Waals surface area contributed by atoms with Gasteiger partial charge in [-0.1, -0.05) is 0 Å². The van der Waals surface area contributed by atoms with Crippen LogP contribution < -0.4 is 27.0 Å². The third-order valence-electron chi connectivity index (χ3n) is 3.64. The van der Waals surface area contributed by atoms with E-state index in [2.05, 4.69) is 33.9 Å². The number of aliphatic carboxylic acids is 1. The van der Waals surface area contributed by atoms with Crippen molar-refractivity contribution in [2.24, 2.45) is 5.73 Å². The third kappa shape index (κ3) is 7.27. The fourth-order valence-corrected chi connectivity index (χ4v) is 2.60. The number of nitrogens with two attached hydrogens (primary N) is 1. The molecule has 1 heterocycles. The highest BCUT2D eigenvalue weighted by molar-refractivity contribution is 7.80. The highest BCUT2D eigenvalue weighted by Gasteiger charge is 2.30. The van der Waals surface area contributed by atoms with Crippen molar-refractivity contribution in [2.45, 2.75) is 37.4 Å². The van der Waals surface area contributed by atoms with Gasteiger partial charge in [-0.3, -0.25) is 24.0 Å². The van der Waals surface area contributed by atoms with Crippen molar-refractivity contribution in [1.29, 1.82) is 0 Å². The quantitative estimate of drug-likeness (QED) is 0.191. The van der Waals surface area contributed by atoms with Crippen LogP contribution in [0.2, 0.25) is 0 Å². The molecule has 0 saturated carbocycles. The lowest BCUT2D eigenvalue weighted by molar-refractivity contribution is -0.138. The summed E-state index contributed by atoms with van der Waals surface area (Å²) >= 11 is 3.94. The molecule has 146 valence electrons. The van der Waals surface area contributed by atoms with Crippen LogP contribution in [0.5, 0.6) is 0 Å². The number of carbonyl (C=O) groups excluding carboxylic acids is 4. The molecular weight excluding hydrogens is 366 g/mol. The van der Waals surface area contributed by atoms with E-state index in [1.807, 2.05) is 0 Å². The lowest BCUT2D eigenvalue weighted by atomic mass is 10.1. The first kappa shape index (κ1) is 21.7. The first-order valence-corrected chi connectivity index (χ1v) is 8.60. The topological polar surface area (TPSA) is 180 Å². The van der Waals surface area contributed by atoms with E-state index >= 15 is 0 Å².